The van der Waals surface area contributed by atoms with Crippen LogP contribution < -0.4 is 5.73 Å². The zero-order valence-corrected chi connectivity index (χ0v) is 7.60. The Hall–Kier alpha value is -2.10. The van der Waals surface area contributed by atoms with Crippen LogP contribution in [0.4, 0.5) is 17.6 Å². The molecule has 0 saturated heterocycles. The van der Waals surface area contributed by atoms with E-state index >= 15 is 0 Å². The number of nitrogens with zero attached hydrogens (tertiary/aromatic N) is 1. The smallest absolute Gasteiger partial charge is 0.366 e. The quantitative estimate of drug-likeness (QED) is 0.750. The summed E-state index contributed by atoms with van der Waals surface area (Å²) in [6.45, 7) is 0. The van der Waals surface area contributed by atoms with E-state index in [1.807, 2.05) is 0 Å². The number of carbonyl (C=O) groups is 1. The summed E-state index contributed by atoms with van der Waals surface area (Å²) in [6.07, 6.45) is -4.98. The number of halogens is 4. The standard InChI is InChI=1S/C9H4F4N2O/c10-7-5(3-14)1-4(8(15)16)2-6(7)9(11,12)13/h1-2H,(H2,15,16). The Morgan fingerprint density at radius 2 is 1.94 bits per heavy atom. The van der Waals surface area contributed by atoms with Crippen molar-refractivity contribution in [1.82, 2.24) is 0 Å². The third kappa shape index (κ3) is 2.11. The van der Waals surface area contributed by atoms with Crippen molar-refractivity contribution in [2.24, 2.45) is 5.73 Å². The van der Waals surface area contributed by atoms with Gasteiger partial charge in [-0.25, -0.2) is 4.39 Å². The van der Waals surface area contributed by atoms with Crippen molar-refractivity contribution in [2.45, 2.75) is 6.18 Å². The van der Waals surface area contributed by atoms with Gasteiger partial charge in [0, 0.05) is 5.56 Å². The summed E-state index contributed by atoms with van der Waals surface area (Å²) in [5.41, 5.74) is 1.65. The van der Waals surface area contributed by atoms with Crippen LogP contribution in [0.1, 0.15) is 21.5 Å². The highest BCUT2D eigenvalue weighted by Crippen LogP contribution is 2.33. The van der Waals surface area contributed by atoms with E-state index in [1.54, 1.807) is 0 Å². The third-order valence-corrected chi connectivity index (χ3v) is 1.78. The minimum atomic E-state index is -4.98. The van der Waals surface area contributed by atoms with E-state index in [2.05, 4.69) is 0 Å². The molecule has 0 spiro atoms. The van der Waals surface area contributed by atoms with E-state index in [9.17, 15) is 22.4 Å². The molecule has 0 aliphatic carbocycles. The van der Waals surface area contributed by atoms with Crippen LogP contribution in [-0.4, -0.2) is 5.91 Å². The molecule has 0 atom stereocenters. The first kappa shape index (κ1) is 12.0. The normalized spacial score (nSPS) is 10.9. The van der Waals surface area contributed by atoms with Crippen molar-refractivity contribution in [3.05, 3.63) is 34.6 Å². The summed E-state index contributed by atoms with van der Waals surface area (Å²) in [7, 11) is 0. The monoisotopic (exact) mass is 232 g/mol. The first-order valence-electron chi connectivity index (χ1n) is 3.88. The lowest BCUT2D eigenvalue weighted by molar-refractivity contribution is -0.140. The van der Waals surface area contributed by atoms with Gasteiger partial charge in [0.05, 0.1) is 11.1 Å². The van der Waals surface area contributed by atoms with Crippen LogP contribution in [0, 0.1) is 17.1 Å². The second-order valence-electron chi connectivity index (χ2n) is 2.86. The van der Waals surface area contributed by atoms with Gasteiger partial charge in [-0.1, -0.05) is 0 Å². The van der Waals surface area contributed by atoms with Gasteiger partial charge in [0.1, 0.15) is 6.07 Å². The van der Waals surface area contributed by atoms with E-state index in [0.29, 0.717) is 6.07 Å². The molecule has 3 nitrogen and oxygen atoms in total. The van der Waals surface area contributed by atoms with Crippen molar-refractivity contribution in [3.8, 4) is 6.07 Å². The fourth-order valence-corrected chi connectivity index (χ4v) is 1.05. The van der Waals surface area contributed by atoms with Gasteiger partial charge in [-0.2, -0.15) is 18.4 Å². The molecule has 1 amide bonds. The van der Waals surface area contributed by atoms with Crippen molar-refractivity contribution in [2.75, 3.05) is 0 Å². The van der Waals surface area contributed by atoms with Gasteiger partial charge in [-0.15, -0.1) is 0 Å². The van der Waals surface area contributed by atoms with Crippen LogP contribution in [-0.2, 0) is 6.18 Å². The highest BCUT2D eigenvalue weighted by atomic mass is 19.4. The maximum absolute atomic E-state index is 13.1. The molecule has 0 aliphatic heterocycles. The number of rotatable bonds is 1. The van der Waals surface area contributed by atoms with Crippen molar-refractivity contribution >= 4 is 5.91 Å². The molecule has 1 aromatic carbocycles. The number of carbonyl (C=O) groups excluding carboxylic acids is 1. The average molecular weight is 232 g/mol. The van der Waals surface area contributed by atoms with Gasteiger partial charge in [0.25, 0.3) is 0 Å². The van der Waals surface area contributed by atoms with Crippen molar-refractivity contribution in [3.63, 3.8) is 0 Å². The molecule has 2 N–H and O–H groups in total. The summed E-state index contributed by atoms with van der Waals surface area (Å²) in [4.78, 5) is 10.7. The maximum Gasteiger partial charge on any atom is 0.419 e. The molecule has 0 aliphatic rings. The number of primary amides is 1. The van der Waals surface area contributed by atoms with Crippen molar-refractivity contribution < 1.29 is 22.4 Å². The Labute approximate surface area is 87.1 Å². The van der Waals surface area contributed by atoms with Crippen LogP contribution >= 0.6 is 0 Å². The van der Waals surface area contributed by atoms with Crippen molar-refractivity contribution in [1.29, 1.82) is 5.26 Å². The Bertz CT molecular complexity index is 488. The lowest BCUT2D eigenvalue weighted by atomic mass is 10.0. The Morgan fingerprint density at radius 3 is 2.31 bits per heavy atom. The Balaban J connectivity index is 3.56. The molecule has 1 aromatic rings. The zero-order valence-electron chi connectivity index (χ0n) is 7.60. The second-order valence-corrected chi connectivity index (χ2v) is 2.86. The highest BCUT2D eigenvalue weighted by Gasteiger charge is 2.36. The Kier molecular flexibility index (Phi) is 2.85. The van der Waals surface area contributed by atoms with Gasteiger partial charge >= 0.3 is 6.18 Å². The predicted octanol–water partition coefficient (Wildman–Crippen LogP) is 1.82. The number of nitriles is 1. The molecule has 0 heterocycles. The van der Waals surface area contributed by atoms with Gasteiger partial charge in [0.15, 0.2) is 5.82 Å². The average Bonchev–Trinajstić information content (AvgIpc) is 2.15. The number of hydrogen-bond donors (Lipinski definition) is 1. The number of benzene rings is 1. The molecule has 0 bridgehead atoms. The second kappa shape index (κ2) is 3.81. The fourth-order valence-electron chi connectivity index (χ4n) is 1.05. The molecule has 0 radical (unpaired) electrons. The van der Waals surface area contributed by atoms with E-state index in [4.69, 9.17) is 11.0 Å². The highest BCUT2D eigenvalue weighted by molar-refractivity contribution is 5.93. The summed E-state index contributed by atoms with van der Waals surface area (Å²) in [5, 5.41) is 8.41. The van der Waals surface area contributed by atoms with E-state index in [-0.39, 0.29) is 6.07 Å². The van der Waals surface area contributed by atoms with Crippen LogP contribution in [0.5, 0.6) is 0 Å². The van der Waals surface area contributed by atoms with E-state index in [1.165, 1.54) is 6.07 Å². The molecule has 84 valence electrons. The van der Waals surface area contributed by atoms with Crippen LogP contribution in [0.15, 0.2) is 12.1 Å². The molecule has 0 saturated carbocycles. The molecule has 0 aromatic heterocycles. The first-order valence-corrected chi connectivity index (χ1v) is 3.88. The van der Waals surface area contributed by atoms with Gasteiger partial charge in [-0.3, -0.25) is 4.79 Å². The maximum atomic E-state index is 13.1. The molecular formula is C9H4F4N2O. The number of amides is 1. The SMILES string of the molecule is N#Cc1cc(C(N)=O)cc(C(F)(F)F)c1F. The summed E-state index contributed by atoms with van der Waals surface area (Å²) in [6, 6.07) is 2.17. The minimum absolute atomic E-state index is 0.276. The lowest BCUT2D eigenvalue weighted by Gasteiger charge is -2.09. The van der Waals surface area contributed by atoms with Gasteiger partial charge in [-0.05, 0) is 12.1 Å². The molecule has 16 heavy (non-hydrogen) atoms. The third-order valence-electron chi connectivity index (χ3n) is 1.78. The van der Waals surface area contributed by atoms with Crippen LogP contribution in [0.25, 0.3) is 0 Å². The number of hydrogen-bond acceptors (Lipinski definition) is 2. The van der Waals surface area contributed by atoms with Crippen LogP contribution in [0.2, 0.25) is 0 Å². The topological polar surface area (TPSA) is 66.9 Å². The molecule has 0 unspecified atom stereocenters. The number of alkyl halides is 3. The van der Waals surface area contributed by atoms with Gasteiger partial charge in [0.2, 0.25) is 5.91 Å². The van der Waals surface area contributed by atoms with E-state index < -0.39 is 34.6 Å². The van der Waals surface area contributed by atoms with Crippen LogP contribution in [0.3, 0.4) is 0 Å². The summed E-state index contributed by atoms with van der Waals surface area (Å²) < 4.78 is 50.0. The molecule has 0 fully saturated rings. The lowest BCUT2D eigenvalue weighted by Crippen LogP contribution is -2.16. The fraction of sp³-hybridized carbons (Fsp3) is 0.111. The predicted molar refractivity (Wildman–Crippen MR) is 44.6 cm³/mol. The molecule has 1 rings (SSSR count). The van der Waals surface area contributed by atoms with Gasteiger partial charge < -0.3 is 5.73 Å². The van der Waals surface area contributed by atoms with E-state index in [0.717, 1.165) is 0 Å². The first-order chi connectivity index (χ1) is 7.27. The zero-order chi connectivity index (χ0) is 12.5. The molecular weight excluding hydrogens is 228 g/mol. The number of nitrogens with two attached hydrogens (primary N) is 1. The summed E-state index contributed by atoms with van der Waals surface area (Å²) in [5.74, 6) is -2.87. The largest absolute Gasteiger partial charge is 0.419 e. The molecule has 7 heteroatoms. The Morgan fingerprint density at radius 1 is 1.38 bits per heavy atom. The summed E-state index contributed by atoms with van der Waals surface area (Å²) >= 11 is 0. The minimum Gasteiger partial charge on any atom is -0.366 e.